The van der Waals surface area contributed by atoms with Crippen LogP contribution in [0.2, 0.25) is 10.0 Å². The lowest BCUT2D eigenvalue weighted by molar-refractivity contribution is -0.137. The number of carbonyl (C=O) groups excluding carboxylic acids is 1. The van der Waals surface area contributed by atoms with Gasteiger partial charge in [0.25, 0.3) is 0 Å². The number of hydrogen-bond acceptors (Lipinski definition) is 4. The summed E-state index contributed by atoms with van der Waals surface area (Å²) in [5.41, 5.74) is -1.29. The van der Waals surface area contributed by atoms with Gasteiger partial charge in [0, 0.05) is 19.6 Å². The molecule has 2 aromatic carbocycles. The second kappa shape index (κ2) is 10.4. The zero-order valence-corrected chi connectivity index (χ0v) is 22.7. The average Bonchev–Trinajstić information content (AvgIpc) is 3.11. The molecule has 1 amide bonds. The van der Waals surface area contributed by atoms with E-state index in [1.807, 2.05) is 13.8 Å². The maximum atomic E-state index is 13.5. The van der Waals surface area contributed by atoms with Gasteiger partial charge >= 0.3 is 6.18 Å². The molecule has 0 aromatic heterocycles. The summed E-state index contributed by atoms with van der Waals surface area (Å²) >= 11 is 12.0. The molecule has 1 spiro atoms. The summed E-state index contributed by atoms with van der Waals surface area (Å²) in [6, 6.07) is 8.57. The summed E-state index contributed by atoms with van der Waals surface area (Å²) in [6.45, 7) is 4.14. The van der Waals surface area contributed by atoms with Crippen molar-refractivity contribution in [3.63, 3.8) is 0 Å². The topological polar surface area (TPSA) is 69.7 Å². The van der Waals surface area contributed by atoms with E-state index in [1.165, 1.54) is 28.6 Å². The van der Waals surface area contributed by atoms with Crippen molar-refractivity contribution in [1.29, 1.82) is 0 Å². The second-order valence-corrected chi connectivity index (χ2v) is 12.4. The molecule has 2 aliphatic rings. The Hall–Kier alpha value is -1.85. The molecule has 2 atom stereocenters. The Kier molecular flexibility index (Phi) is 7.90. The van der Waals surface area contributed by atoms with Crippen molar-refractivity contribution in [3.8, 4) is 0 Å². The van der Waals surface area contributed by atoms with E-state index in [0.717, 1.165) is 18.6 Å². The zero-order valence-electron chi connectivity index (χ0n) is 20.4. The molecule has 37 heavy (non-hydrogen) atoms. The maximum absolute atomic E-state index is 13.5. The van der Waals surface area contributed by atoms with Crippen molar-refractivity contribution < 1.29 is 26.4 Å². The predicted octanol–water partition coefficient (Wildman–Crippen LogP) is 5.54. The largest absolute Gasteiger partial charge is 0.416 e. The normalized spacial score (nSPS) is 21.5. The molecule has 0 saturated carbocycles. The molecule has 0 bridgehead atoms. The van der Waals surface area contributed by atoms with Gasteiger partial charge in [-0.05, 0) is 54.7 Å². The van der Waals surface area contributed by atoms with Crippen LogP contribution in [0.5, 0.6) is 0 Å². The van der Waals surface area contributed by atoms with E-state index in [2.05, 4.69) is 5.32 Å². The van der Waals surface area contributed by atoms with Crippen molar-refractivity contribution in [2.24, 2.45) is 5.92 Å². The molecular weight excluding hydrogens is 550 g/mol. The number of carbonyl (C=O) groups is 1. The van der Waals surface area contributed by atoms with Crippen LogP contribution in [-0.2, 0) is 27.5 Å². The summed E-state index contributed by atoms with van der Waals surface area (Å²) in [5.74, 6) is -0.193. The summed E-state index contributed by atoms with van der Waals surface area (Å²) < 4.78 is 67.7. The van der Waals surface area contributed by atoms with Crippen molar-refractivity contribution in [2.45, 2.75) is 62.4 Å². The summed E-state index contributed by atoms with van der Waals surface area (Å²) in [4.78, 5) is 15.1. The second-order valence-electron chi connectivity index (χ2n) is 9.64. The molecule has 2 fully saturated rings. The number of amides is 1. The molecule has 2 aromatic rings. The third-order valence-corrected chi connectivity index (χ3v) is 9.99. The fourth-order valence-corrected chi connectivity index (χ4v) is 6.82. The molecule has 6 nitrogen and oxygen atoms in total. The lowest BCUT2D eigenvalue weighted by Crippen LogP contribution is -2.59. The van der Waals surface area contributed by atoms with E-state index >= 15 is 0 Å². The van der Waals surface area contributed by atoms with Gasteiger partial charge in [-0.1, -0.05) is 55.6 Å². The number of piperidine rings is 1. The monoisotopic (exact) mass is 577 g/mol. The third-order valence-electron chi connectivity index (χ3n) is 7.36. The number of benzene rings is 2. The fourth-order valence-electron chi connectivity index (χ4n) is 4.98. The third kappa shape index (κ3) is 5.49. The van der Waals surface area contributed by atoms with Gasteiger partial charge < -0.3 is 4.90 Å². The van der Waals surface area contributed by atoms with E-state index in [9.17, 15) is 26.4 Å². The van der Waals surface area contributed by atoms with Crippen LogP contribution in [0.15, 0.2) is 47.4 Å². The van der Waals surface area contributed by atoms with Gasteiger partial charge in [0.15, 0.2) is 0 Å². The van der Waals surface area contributed by atoms with Crippen LogP contribution in [0, 0.1) is 5.92 Å². The number of rotatable bonds is 6. The minimum atomic E-state index is -4.50. The van der Waals surface area contributed by atoms with Gasteiger partial charge in [-0.2, -0.15) is 17.5 Å². The maximum Gasteiger partial charge on any atom is 0.416 e. The number of nitrogens with one attached hydrogen (secondary N) is 1. The van der Waals surface area contributed by atoms with E-state index < -0.39 is 33.5 Å². The van der Waals surface area contributed by atoms with Crippen LogP contribution in [0.1, 0.15) is 44.2 Å². The van der Waals surface area contributed by atoms with Crippen molar-refractivity contribution in [3.05, 3.63) is 63.6 Å². The molecule has 202 valence electrons. The number of nitrogens with zero attached hydrogens (tertiary/aromatic N) is 2. The highest BCUT2D eigenvalue weighted by Gasteiger charge is 2.53. The first-order valence-electron chi connectivity index (χ1n) is 12.0. The molecule has 0 aliphatic carbocycles. The van der Waals surface area contributed by atoms with Gasteiger partial charge in [0.05, 0.1) is 32.2 Å². The molecular formula is C25H28Cl2F3N3O3S. The first kappa shape index (κ1) is 28.2. The quantitative estimate of drug-likeness (QED) is 0.489. The van der Waals surface area contributed by atoms with Gasteiger partial charge in [0.1, 0.15) is 0 Å². The van der Waals surface area contributed by atoms with E-state index in [1.54, 1.807) is 11.0 Å². The number of halogens is 5. The lowest BCUT2D eigenvalue weighted by atomic mass is 9.96. The van der Waals surface area contributed by atoms with Gasteiger partial charge in [-0.3, -0.25) is 10.1 Å². The highest BCUT2D eigenvalue weighted by molar-refractivity contribution is 7.89. The van der Waals surface area contributed by atoms with Crippen LogP contribution in [-0.4, -0.2) is 48.3 Å². The number of hydrogen-bond donors (Lipinski definition) is 1. The highest BCUT2D eigenvalue weighted by atomic mass is 35.5. The Morgan fingerprint density at radius 3 is 2.38 bits per heavy atom. The molecule has 0 radical (unpaired) electrons. The van der Waals surface area contributed by atoms with Crippen LogP contribution in [0.3, 0.4) is 0 Å². The van der Waals surface area contributed by atoms with Gasteiger partial charge in [-0.25, -0.2) is 8.42 Å². The standard InChI is InChI=1S/C25H28Cl2F3N3O3S/c1-3-16(2)22-23(34)33(15-17-5-4-6-18(13-17)25(28,29)30)24(31-22)9-11-32(12-10-24)37(35,36)19-7-8-20(26)21(27)14-19/h4-8,13-14,16,22,31H,3,9-12,15H2,1-2H3/t16-,22+/m1/s1. The van der Waals surface area contributed by atoms with Gasteiger partial charge in [0.2, 0.25) is 15.9 Å². The molecule has 4 rings (SSSR count). The van der Waals surface area contributed by atoms with Crippen molar-refractivity contribution >= 4 is 39.1 Å². The molecule has 12 heteroatoms. The number of sulfonamides is 1. The Bertz CT molecular complexity index is 1280. The van der Waals surface area contributed by atoms with E-state index in [4.69, 9.17) is 23.2 Å². The Balaban J connectivity index is 1.60. The minimum Gasteiger partial charge on any atom is -0.319 e. The predicted molar refractivity (Wildman–Crippen MR) is 136 cm³/mol. The van der Waals surface area contributed by atoms with Crippen LogP contribution in [0.25, 0.3) is 0 Å². The first-order valence-corrected chi connectivity index (χ1v) is 14.2. The molecule has 0 unspecified atom stereocenters. The van der Waals surface area contributed by atoms with E-state index in [0.29, 0.717) is 5.56 Å². The fraction of sp³-hybridized carbons (Fsp3) is 0.480. The Morgan fingerprint density at radius 1 is 1.11 bits per heavy atom. The molecule has 2 heterocycles. The summed E-state index contributed by atoms with van der Waals surface area (Å²) in [7, 11) is -3.86. The average molecular weight is 578 g/mol. The number of alkyl halides is 3. The van der Waals surface area contributed by atoms with Crippen LogP contribution >= 0.6 is 23.2 Å². The lowest BCUT2D eigenvalue weighted by Gasteiger charge is -2.44. The molecule has 2 saturated heterocycles. The minimum absolute atomic E-state index is 0.00569. The van der Waals surface area contributed by atoms with Crippen molar-refractivity contribution in [1.82, 2.24) is 14.5 Å². The summed E-state index contributed by atoms with van der Waals surface area (Å²) in [5, 5.41) is 3.82. The van der Waals surface area contributed by atoms with Crippen LogP contribution in [0.4, 0.5) is 13.2 Å². The summed E-state index contributed by atoms with van der Waals surface area (Å²) in [6.07, 6.45) is -3.20. The smallest absolute Gasteiger partial charge is 0.319 e. The molecule has 2 aliphatic heterocycles. The SMILES string of the molecule is CC[C@@H](C)[C@@H]1NC2(CCN(S(=O)(=O)c3ccc(Cl)c(Cl)c3)CC2)N(Cc2cccc(C(F)(F)F)c2)C1=O. The van der Waals surface area contributed by atoms with E-state index in [-0.39, 0.29) is 59.2 Å². The molecule has 1 N–H and O–H groups in total. The first-order chi connectivity index (χ1) is 17.3. The highest BCUT2D eigenvalue weighted by Crippen LogP contribution is 2.38. The van der Waals surface area contributed by atoms with Gasteiger partial charge in [-0.15, -0.1) is 0 Å². The van der Waals surface area contributed by atoms with Crippen molar-refractivity contribution in [2.75, 3.05) is 13.1 Å². The Labute approximate surface area is 224 Å². The zero-order chi connectivity index (χ0) is 27.2. The Morgan fingerprint density at radius 2 is 1.78 bits per heavy atom. The van der Waals surface area contributed by atoms with Crippen LogP contribution < -0.4 is 5.32 Å².